The first kappa shape index (κ1) is 23.2. The summed E-state index contributed by atoms with van der Waals surface area (Å²) in [5, 5.41) is 29.7. The summed E-state index contributed by atoms with van der Waals surface area (Å²) in [6.45, 7) is 0. The van der Waals surface area contributed by atoms with Crippen molar-refractivity contribution in [2.45, 2.75) is 68.8 Å². The molecule has 2 unspecified atom stereocenters. The molecule has 1 aromatic carbocycles. The summed E-state index contributed by atoms with van der Waals surface area (Å²) in [5.41, 5.74) is 0.999. The Morgan fingerprint density at radius 3 is 2.54 bits per heavy atom. The van der Waals surface area contributed by atoms with E-state index in [0.717, 1.165) is 24.8 Å². The van der Waals surface area contributed by atoms with Crippen molar-refractivity contribution in [2.75, 3.05) is 5.75 Å². The fourth-order valence-electron chi connectivity index (χ4n) is 3.65. The van der Waals surface area contributed by atoms with Crippen LogP contribution in [-0.2, 0) is 16.0 Å². The van der Waals surface area contributed by atoms with Gasteiger partial charge in [-0.2, -0.15) is 11.8 Å². The molecule has 0 radical (unpaired) electrons. The molecule has 3 N–H and O–H groups in total. The molecule has 0 saturated heterocycles. The van der Waals surface area contributed by atoms with Crippen LogP contribution in [0.3, 0.4) is 0 Å². The highest BCUT2D eigenvalue weighted by Gasteiger charge is 2.41. The Morgan fingerprint density at radius 2 is 1.86 bits per heavy atom. The standard InChI is InChI=1S/C21H29ClO5S/c22-15-9-7-14(8-10-15)11-16(23)13-28-21-17(18(24)12-19(21)25)5-3-1-2-4-6-20(26)27/h7-10,16-17,19,21,23,25H,1-6,11-13H2,(H,26,27)/t16?,17-,19?,21+/m0/s1. The van der Waals surface area contributed by atoms with E-state index < -0.39 is 18.2 Å². The zero-order valence-corrected chi connectivity index (χ0v) is 17.5. The molecule has 5 nitrogen and oxygen atoms in total. The number of benzene rings is 1. The van der Waals surface area contributed by atoms with Crippen molar-refractivity contribution in [2.24, 2.45) is 5.92 Å². The average Bonchev–Trinajstić information content (AvgIpc) is 2.91. The van der Waals surface area contributed by atoms with Crippen LogP contribution in [0.4, 0.5) is 0 Å². The van der Waals surface area contributed by atoms with Gasteiger partial charge < -0.3 is 15.3 Å². The van der Waals surface area contributed by atoms with Gasteiger partial charge in [0.05, 0.1) is 12.2 Å². The van der Waals surface area contributed by atoms with E-state index in [1.807, 2.05) is 12.1 Å². The Hall–Kier alpha value is -1.08. The number of halogens is 1. The minimum Gasteiger partial charge on any atom is -0.481 e. The average molecular weight is 429 g/mol. The molecule has 1 aromatic rings. The zero-order valence-electron chi connectivity index (χ0n) is 15.9. The van der Waals surface area contributed by atoms with Crippen LogP contribution >= 0.6 is 23.4 Å². The van der Waals surface area contributed by atoms with Crippen LogP contribution in [0.5, 0.6) is 0 Å². The smallest absolute Gasteiger partial charge is 0.303 e. The van der Waals surface area contributed by atoms with Crippen molar-refractivity contribution in [3.05, 3.63) is 34.9 Å². The van der Waals surface area contributed by atoms with Gasteiger partial charge in [0.15, 0.2) is 0 Å². The monoisotopic (exact) mass is 428 g/mol. The summed E-state index contributed by atoms with van der Waals surface area (Å²) < 4.78 is 0. The summed E-state index contributed by atoms with van der Waals surface area (Å²) in [6.07, 6.45) is 3.64. The highest BCUT2D eigenvalue weighted by Crippen LogP contribution is 2.36. The number of aliphatic hydroxyl groups is 2. The van der Waals surface area contributed by atoms with E-state index in [1.165, 1.54) is 11.8 Å². The molecule has 156 valence electrons. The first-order chi connectivity index (χ1) is 13.4. The van der Waals surface area contributed by atoms with Gasteiger partial charge in [-0.05, 0) is 37.0 Å². The molecule has 0 aliphatic heterocycles. The van der Waals surface area contributed by atoms with Crippen LogP contribution in [0.15, 0.2) is 24.3 Å². The zero-order chi connectivity index (χ0) is 20.5. The largest absolute Gasteiger partial charge is 0.481 e. The van der Waals surface area contributed by atoms with Crippen molar-refractivity contribution in [1.82, 2.24) is 0 Å². The van der Waals surface area contributed by atoms with Crippen LogP contribution in [-0.4, -0.2) is 50.3 Å². The second-order valence-electron chi connectivity index (χ2n) is 7.47. The molecule has 7 heteroatoms. The third kappa shape index (κ3) is 7.74. The first-order valence-electron chi connectivity index (χ1n) is 9.83. The second-order valence-corrected chi connectivity index (χ2v) is 9.12. The van der Waals surface area contributed by atoms with Gasteiger partial charge in [0.25, 0.3) is 0 Å². The van der Waals surface area contributed by atoms with Gasteiger partial charge >= 0.3 is 5.97 Å². The van der Waals surface area contributed by atoms with Crippen LogP contribution in [0.1, 0.15) is 50.5 Å². The van der Waals surface area contributed by atoms with Gasteiger partial charge in [-0.1, -0.05) is 43.0 Å². The summed E-state index contributed by atoms with van der Waals surface area (Å²) in [4.78, 5) is 22.8. The fraction of sp³-hybridized carbons (Fsp3) is 0.619. The Balaban J connectivity index is 1.75. The molecule has 1 aliphatic rings. The lowest BCUT2D eigenvalue weighted by molar-refractivity contribution is -0.137. The Labute approximate surface area is 175 Å². The third-order valence-electron chi connectivity index (χ3n) is 5.12. The Kier molecular flexibility index (Phi) is 9.79. The van der Waals surface area contributed by atoms with Crippen molar-refractivity contribution in [3.8, 4) is 0 Å². The minimum atomic E-state index is -0.775. The number of hydrogen-bond acceptors (Lipinski definition) is 5. The van der Waals surface area contributed by atoms with Crippen LogP contribution in [0.25, 0.3) is 0 Å². The number of carbonyl (C=O) groups is 2. The van der Waals surface area contributed by atoms with E-state index in [4.69, 9.17) is 16.7 Å². The number of aliphatic carboxylic acids is 1. The summed E-state index contributed by atoms with van der Waals surface area (Å²) >= 11 is 7.35. The summed E-state index contributed by atoms with van der Waals surface area (Å²) in [5.74, 6) is -0.389. The lowest BCUT2D eigenvalue weighted by Crippen LogP contribution is -2.26. The topological polar surface area (TPSA) is 94.8 Å². The molecule has 1 fully saturated rings. The lowest BCUT2D eigenvalue weighted by atomic mass is 9.98. The number of Topliss-reactive ketones (excluding diaryl/α,β-unsaturated/α-hetero) is 1. The summed E-state index contributed by atoms with van der Waals surface area (Å²) in [7, 11) is 0. The molecule has 0 heterocycles. The molecular weight excluding hydrogens is 400 g/mol. The number of carbonyl (C=O) groups excluding carboxylic acids is 1. The molecule has 4 atom stereocenters. The quantitative estimate of drug-likeness (QED) is 0.439. The maximum atomic E-state index is 12.2. The van der Waals surface area contributed by atoms with Crippen LogP contribution < -0.4 is 0 Å². The van der Waals surface area contributed by atoms with Gasteiger partial charge in [0, 0.05) is 34.8 Å². The second kappa shape index (κ2) is 11.8. The van der Waals surface area contributed by atoms with Gasteiger partial charge in [-0.15, -0.1) is 0 Å². The van der Waals surface area contributed by atoms with Crippen LogP contribution in [0, 0.1) is 5.92 Å². The van der Waals surface area contributed by atoms with Crippen molar-refractivity contribution >= 4 is 35.1 Å². The predicted octanol–water partition coefficient (Wildman–Crippen LogP) is 3.72. The number of carboxylic acids is 1. The fourth-order valence-corrected chi connectivity index (χ4v) is 5.17. The Bertz CT molecular complexity index is 636. The van der Waals surface area contributed by atoms with E-state index in [0.29, 0.717) is 30.0 Å². The van der Waals surface area contributed by atoms with Crippen molar-refractivity contribution < 1.29 is 24.9 Å². The van der Waals surface area contributed by atoms with Crippen molar-refractivity contribution in [3.63, 3.8) is 0 Å². The molecule has 1 aliphatic carbocycles. The maximum absolute atomic E-state index is 12.2. The number of carboxylic acid groups (broad SMARTS) is 1. The molecule has 0 spiro atoms. The number of unbranched alkanes of at least 4 members (excludes halogenated alkanes) is 3. The van der Waals surface area contributed by atoms with Gasteiger partial charge in [0.1, 0.15) is 5.78 Å². The molecule has 28 heavy (non-hydrogen) atoms. The molecule has 0 amide bonds. The third-order valence-corrected chi connectivity index (χ3v) is 6.98. The van der Waals surface area contributed by atoms with E-state index in [-0.39, 0.29) is 29.8 Å². The van der Waals surface area contributed by atoms with Crippen molar-refractivity contribution in [1.29, 1.82) is 0 Å². The predicted molar refractivity (Wildman–Crippen MR) is 112 cm³/mol. The normalized spacial score (nSPS) is 23.1. The molecule has 0 bridgehead atoms. The molecule has 2 rings (SSSR count). The number of thioether (sulfide) groups is 1. The first-order valence-corrected chi connectivity index (χ1v) is 11.3. The van der Waals surface area contributed by atoms with Gasteiger partial charge in [-0.25, -0.2) is 0 Å². The van der Waals surface area contributed by atoms with E-state index in [2.05, 4.69) is 0 Å². The minimum absolute atomic E-state index is 0.0997. The lowest BCUT2D eigenvalue weighted by Gasteiger charge is -2.22. The maximum Gasteiger partial charge on any atom is 0.303 e. The highest BCUT2D eigenvalue weighted by molar-refractivity contribution is 8.00. The SMILES string of the molecule is O=C(O)CCCCCC[C@H]1C(=O)CC(O)[C@@H]1SCC(O)Cc1ccc(Cl)cc1. The van der Waals surface area contributed by atoms with Gasteiger partial charge in [-0.3, -0.25) is 9.59 Å². The number of aliphatic hydroxyl groups excluding tert-OH is 2. The van der Waals surface area contributed by atoms with Crippen LogP contribution in [0.2, 0.25) is 5.02 Å². The summed E-state index contributed by atoms with van der Waals surface area (Å²) in [6, 6.07) is 7.36. The Morgan fingerprint density at radius 1 is 1.18 bits per heavy atom. The van der Waals surface area contributed by atoms with E-state index in [9.17, 15) is 19.8 Å². The molecular formula is C21H29ClO5S. The number of rotatable bonds is 12. The highest BCUT2D eigenvalue weighted by atomic mass is 35.5. The van der Waals surface area contributed by atoms with E-state index in [1.54, 1.807) is 12.1 Å². The molecule has 1 saturated carbocycles. The number of hydrogen-bond donors (Lipinski definition) is 3. The van der Waals surface area contributed by atoms with E-state index >= 15 is 0 Å². The van der Waals surface area contributed by atoms with Gasteiger partial charge in [0.2, 0.25) is 0 Å². The number of ketones is 1. The molecule has 0 aromatic heterocycles.